The number of carbonyl (C=O) groups is 1. The smallest absolute Gasteiger partial charge is 0.207 e. The van der Waals surface area contributed by atoms with E-state index in [2.05, 4.69) is 0 Å². The summed E-state index contributed by atoms with van der Waals surface area (Å²) in [5, 5.41) is 10.2. The lowest BCUT2D eigenvalue weighted by atomic mass is 9.98. The number of hydrogen-bond acceptors (Lipinski definition) is 3. The van der Waals surface area contributed by atoms with Crippen molar-refractivity contribution in [3.63, 3.8) is 0 Å². The molecule has 0 bridgehead atoms. The fourth-order valence-corrected chi connectivity index (χ4v) is 1.28. The van der Waals surface area contributed by atoms with E-state index in [1.807, 2.05) is 6.92 Å². The minimum absolute atomic E-state index is 0.0373. The molecule has 0 saturated heterocycles. The van der Waals surface area contributed by atoms with Crippen LogP contribution >= 0.6 is 0 Å². The number of rotatable bonds is 6. The molecule has 0 N–H and O–H groups in total. The predicted octanol–water partition coefficient (Wildman–Crippen LogP) is 1.66. The van der Waals surface area contributed by atoms with Crippen LogP contribution in [0.3, 0.4) is 0 Å². The third-order valence-corrected chi connectivity index (χ3v) is 1.68. The van der Waals surface area contributed by atoms with E-state index in [0.717, 1.165) is 12.8 Å². The van der Waals surface area contributed by atoms with E-state index in [1.54, 1.807) is 0 Å². The Morgan fingerprint density at radius 1 is 1.58 bits per heavy atom. The van der Waals surface area contributed by atoms with Crippen molar-refractivity contribution in [1.29, 1.82) is 0 Å². The second-order valence-corrected chi connectivity index (χ2v) is 3.08. The van der Waals surface area contributed by atoms with Crippen molar-refractivity contribution in [3.05, 3.63) is 10.1 Å². The van der Waals surface area contributed by atoms with Crippen LogP contribution in [-0.2, 0) is 4.79 Å². The average molecular weight is 173 g/mol. The molecule has 4 heteroatoms. The molecule has 0 spiro atoms. The second kappa shape index (κ2) is 5.69. The molecule has 0 aliphatic rings. The summed E-state index contributed by atoms with van der Waals surface area (Å²) >= 11 is 0. The fourth-order valence-electron chi connectivity index (χ4n) is 1.28. The molecular formula is C8H15NO3. The van der Waals surface area contributed by atoms with E-state index < -0.39 is 0 Å². The quantitative estimate of drug-likeness (QED) is 0.453. The van der Waals surface area contributed by atoms with Crippen molar-refractivity contribution in [2.75, 3.05) is 6.54 Å². The van der Waals surface area contributed by atoms with Gasteiger partial charge < -0.3 is 4.79 Å². The van der Waals surface area contributed by atoms with Crippen LogP contribution in [0.5, 0.6) is 0 Å². The SMILES string of the molecule is CCCC(CC(C)=O)C[N+](=O)[O-]. The highest BCUT2D eigenvalue weighted by atomic mass is 16.6. The van der Waals surface area contributed by atoms with E-state index in [9.17, 15) is 14.9 Å². The summed E-state index contributed by atoms with van der Waals surface area (Å²) in [7, 11) is 0. The molecule has 0 radical (unpaired) electrons. The highest BCUT2D eigenvalue weighted by molar-refractivity contribution is 5.75. The summed E-state index contributed by atoms with van der Waals surface area (Å²) in [4.78, 5) is 20.5. The van der Waals surface area contributed by atoms with E-state index >= 15 is 0 Å². The molecule has 0 fully saturated rings. The van der Waals surface area contributed by atoms with Gasteiger partial charge in [0.1, 0.15) is 5.78 Å². The van der Waals surface area contributed by atoms with Gasteiger partial charge in [-0.2, -0.15) is 0 Å². The zero-order valence-electron chi connectivity index (χ0n) is 7.58. The lowest BCUT2D eigenvalue weighted by molar-refractivity contribution is -0.488. The Morgan fingerprint density at radius 3 is 2.50 bits per heavy atom. The molecule has 0 amide bonds. The van der Waals surface area contributed by atoms with E-state index in [1.165, 1.54) is 6.92 Å². The summed E-state index contributed by atoms with van der Waals surface area (Å²) in [6.45, 7) is 3.36. The highest BCUT2D eigenvalue weighted by Crippen LogP contribution is 2.11. The Bertz CT molecular complexity index is 152. The normalized spacial score (nSPS) is 12.5. The molecule has 0 aromatic carbocycles. The maximum Gasteiger partial charge on any atom is 0.207 e. The molecule has 0 heterocycles. The number of nitro groups is 1. The third-order valence-electron chi connectivity index (χ3n) is 1.68. The summed E-state index contributed by atoms with van der Waals surface area (Å²) < 4.78 is 0. The van der Waals surface area contributed by atoms with Gasteiger partial charge in [-0.3, -0.25) is 10.1 Å². The second-order valence-electron chi connectivity index (χ2n) is 3.08. The third kappa shape index (κ3) is 5.82. The molecule has 12 heavy (non-hydrogen) atoms. The maximum atomic E-state index is 10.7. The first-order valence-corrected chi connectivity index (χ1v) is 4.17. The molecule has 0 rings (SSSR count). The number of hydrogen-bond donors (Lipinski definition) is 0. The first kappa shape index (κ1) is 11.1. The number of ketones is 1. The first-order valence-electron chi connectivity index (χ1n) is 4.17. The number of nitrogens with zero attached hydrogens (tertiary/aromatic N) is 1. The number of Topliss-reactive ketones (excluding diaryl/α,β-unsaturated/α-hetero) is 1. The molecule has 0 saturated carbocycles. The van der Waals surface area contributed by atoms with Crippen LogP contribution in [0, 0.1) is 16.0 Å². The standard InChI is InChI=1S/C8H15NO3/c1-3-4-8(5-7(2)10)6-9(11)12/h8H,3-6H2,1-2H3. The van der Waals surface area contributed by atoms with Gasteiger partial charge in [-0.1, -0.05) is 13.3 Å². The van der Waals surface area contributed by atoms with Gasteiger partial charge in [0.05, 0.1) is 0 Å². The summed E-state index contributed by atoms with van der Waals surface area (Å²) in [6.07, 6.45) is 2.00. The largest absolute Gasteiger partial charge is 0.300 e. The Labute approximate surface area is 72.1 Å². The van der Waals surface area contributed by atoms with Crippen molar-refractivity contribution in [2.45, 2.75) is 33.1 Å². The van der Waals surface area contributed by atoms with Crippen LogP contribution in [0.15, 0.2) is 0 Å². The van der Waals surface area contributed by atoms with E-state index in [0.29, 0.717) is 6.42 Å². The molecule has 0 aliphatic heterocycles. The summed E-state index contributed by atoms with van der Waals surface area (Å²) in [5.41, 5.74) is 0. The molecule has 70 valence electrons. The molecular weight excluding hydrogens is 158 g/mol. The maximum absolute atomic E-state index is 10.7. The van der Waals surface area contributed by atoms with Crippen molar-refractivity contribution >= 4 is 5.78 Å². The van der Waals surface area contributed by atoms with Crippen LogP contribution in [-0.4, -0.2) is 17.3 Å². The Balaban J connectivity index is 3.85. The van der Waals surface area contributed by atoms with Crippen LogP contribution in [0.4, 0.5) is 0 Å². The minimum atomic E-state index is -0.344. The van der Waals surface area contributed by atoms with E-state index in [4.69, 9.17) is 0 Å². The van der Waals surface area contributed by atoms with Crippen molar-refractivity contribution in [2.24, 2.45) is 5.92 Å². The molecule has 0 aromatic heterocycles. The molecule has 0 aliphatic carbocycles. The van der Waals surface area contributed by atoms with Gasteiger partial charge in [-0.25, -0.2) is 0 Å². The Hall–Kier alpha value is -0.930. The van der Waals surface area contributed by atoms with E-state index in [-0.39, 0.29) is 23.2 Å². The lowest BCUT2D eigenvalue weighted by Crippen LogP contribution is -2.16. The summed E-state index contributed by atoms with van der Waals surface area (Å²) in [6, 6.07) is 0. The molecule has 4 nitrogen and oxygen atoms in total. The Morgan fingerprint density at radius 2 is 2.17 bits per heavy atom. The van der Waals surface area contributed by atoms with Crippen LogP contribution in [0.25, 0.3) is 0 Å². The van der Waals surface area contributed by atoms with Gasteiger partial charge >= 0.3 is 0 Å². The van der Waals surface area contributed by atoms with Crippen molar-refractivity contribution < 1.29 is 9.72 Å². The predicted molar refractivity (Wildman–Crippen MR) is 45.6 cm³/mol. The van der Waals surface area contributed by atoms with Crippen LogP contribution < -0.4 is 0 Å². The van der Waals surface area contributed by atoms with Crippen LogP contribution in [0.1, 0.15) is 33.1 Å². The molecule has 1 unspecified atom stereocenters. The monoisotopic (exact) mass is 173 g/mol. The van der Waals surface area contributed by atoms with Crippen LogP contribution in [0.2, 0.25) is 0 Å². The molecule has 0 aromatic rings. The van der Waals surface area contributed by atoms with Gasteiger partial charge in [-0.15, -0.1) is 0 Å². The van der Waals surface area contributed by atoms with Gasteiger partial charge in [0, 0.05) is 17.3 Å². The van der Waals surface area contributed by atoms with Gasteiger partial charge in [0.2, 0.25) is 6.54 Å². The van der Waals surface area contributed by atoms with Gasteiger partial charge in [-0.05, 0) is 13.3 Å². The first-order chi connectivity index (χ1) is 5.56. The average Bonchev–Trinajstić information content (AvgIpc) is 1.84. The zero-order valence-corrected chi connectivity index (χ0v) is 7.58. The van der Waals surface area contributed by atoms with Crippen molar-refractivity contribution in [1.82, 2.24) is 0 Å². The summed E-state index contributed by atoms with van der Waals surface area (Å²) in [5.74, 6) is -0.0298. The zero-order chi connectivity index (χ0) is 9.56. The van der Waals surface area contributed by atoms with Gasteiger partial charge in [0.15, 0.2) is 0 Å². The van der Waals surface area contributed by atoms with Gasteiger partial charge in [0.25, 0.3) is 0 Å². The fraction of sp³-hybridized carbons (Fsp3) is 0.875. The lowest BCUT2D eigenvalue weighted by Gasteiger charge is -2.08. The Kier molecular flexibility index (Phi) is 5.25. The van der Waals surface area contributed by atoms with Crippen molar-refractivity contribution in [3.8, 4) is 0 Å². The minimum Gasteiger partial charge on any atom is -0.300 e. The highest BCUT2D eigenvalue weighted by Gasteiger charge is 2.15. The molecule has 1 atom stereocenters. The number of carbonyl (C=O) groups excluding carboxylic acids is 1. The topological polar surface area (TPSA) is 60.2 Å².